The third-order valence-corrected chi connectivity index (χ3v) is 4.64. The average molecular weight is 417 g/mol. The molecule has 0 saturated carbocycles. The van der Waals surface area contributed by atoms with Crippen LogP contribution in [0.4, 0.5) is 0 Å². The van der Waals surface area contributed by atoms with Gasteiger partial charge in [0.1, 0.15) is 0 Å². The summed E-state index contributed by atoms with van der Waals surface area (Å²) < 4.78 is 10.9. The highest BCUT2D eigenvalue weighted by Crippen LogP contribution is 2.38. The molecular formula is C18H22Cl2N2O3S. The monoisotopic (exact) mass is 416 g/mol. The number of rotatable bonds is 7. The van der Waals surface area contributed by atoms with E-state index in [1.807, 2.05) is 0 Å². The quantitative estimate of drug-likeness (QED) is 0.386. The van der Waals surface area contributed by atoms with Gasteiger partial charge in [0.25, 0.3) is 0 Å². The van der Waals surface area contributed by atoms with E-state index in [0.717, 1.165) is 12.8 Å². The maximum Gasteiger partial charge on any atom is 0.338 e. The van der Waals surface area contributed by atoms with E-state index in [1.165, 1.54) is 0 Å². The number of allylic oxidation sites excluding steroid dienone is 1. The Kier molecular flexibility index (Phi) is 7.55. The number of benzene rings is 1. The number of nitrogens with one attached hydrogen (secondary N) is 2. The van der Waals surface area contributed by atoms with Gasteiger partial charge >= 0.3 is 5.97 Å². The summed E-state index contributed by atoms with van der Waals surface area (Å²) in [4.78, 5) is 12.4. The van der Waals surface area contributed by atoms with E-state index in [9.17, 15) is 4.79 Å². The first kappa shape index (κ1) is 20.8. The van der Waals surface area contributed by atoms with Crippen molar-refractivity contribution in [1.82, 2.24) is 10.6 Å². The molecule has 1 aromatic carbocycles. The molecule has 0 fully saturated rings. The summed E-state index contributed by atoms with van der Waals surface area (Å²) in [5, 5.41) is 7.22. The summed E-state index contributed by atoms with van der Waals surface area (Å²) in [6.45, 7) is 6.43. The smallest absolute Gasteiger partial charge is 0.338 e. The zero-order valence-corrected chi connectivity index (χ0v) is 17.3. The van der Waals surface area contributed by atoms with Gasteiger partial charge < -0.3 is 20.1 Å². The summed E-state index contributed by atoms with van der Waals surface area (Å²) in [7, 11) is 0. The summed E-state index contributed by atoms with van der Waals surface area (Å²) in [6.07, 6.45) is 1.92. The van der Waals surface area contributed by atoms with E-state index in [2.05, 4.69) is 17.6 Å². The Morgan fingerprint density at radius 1 is 1.27 bits per heavy atom. The van der Waals surface area contributed by atoms with E-state index < -0.39 is 12.0 Å². The lowest BCUT2D eigenvalue weighted by Gasteiger charge is -2.30. The van der Waals surface area contributed by atoms with Gasteiger partial charge in [-0.15, -0.1) is 0 Å². The fourth-order valence-corrected chi connectivity index (χ4v) is 3.51. The van der Waals surface area contributed by atoms with Crippen LogP contribution in [0.5, 0.6) is 5.75 Å². The summed E-state index contributed by atoms with van der Waals surface area (Å²) in [5.41, 5.74) is 1.77. The number of hydrogen-bond donors (Lipinski definition) is 2. The van der Waals surface area contributed by atoms with Gasteiger partial charge in [0.15, 0.2) is 10.9 Å². The number of halogens is 2. The van der Waals surface area contributed by atoms with Crippen molar-refractivity contribution < 1.29 is 14.3 Å². The van der Waals surface area contributed by atoms with Crippen molar-refractivity contribution in [2.24, 2.45) is 0 Å². The second-order valence-corrected chi connectivity index (χ2v) is 7.03. The van der Waals surface area contributed by atoms with Crippen molar-refractivity contribution in [2.45, 2.75) is 39.7 Å². The van der Waals surface area contributed by atoms with Crippen molar-refractivity contribution in [1.29, 1.82) is 0 Å². The number of unbranched alkanes of at least 4 members (excludes halogenated alkanes) is 1. The van der Waals surface area contributed by atoms with Gasteiger partial charge in [-0.25, -0.2) is 4.79 Å². The molecule has 1 heterocycles. The lowest BCUT2D eigenvalue weighted by atomic mass is 9.95. The van der Waals surface area contributed by atoms with E-state index in [1.54, 1.807) is 26.0 Å². The standard InChI is InChI=1S/C18H22Cl2N2O3S/c1-4-6-7-25-16-12(19)8-11(9-13(16)20)15-14(17(23)24-5-2)10(3)21-18(26)22-15/h8-9,15H,4-7H2,1-3H3,(H2,21,22,26)/t15-/m0/s1. The normalized spacial score (nSPS) is 16.8. The Morgan fingerprint density at radius 3 is 2.50 bits per heavy atom. The van der Waals surface area contributed by atoms with Crippen LogP contribution in [0.15, 0.2) is 23.4 Å². The minimum Gasteiger partial charge on any atom is -0.490 e. The van der Waals surface area contributed by atoms with Gasteiger partial charge in [0.05, 0.1) is 34.9 Å². The zero-order valence-electron chi connectivity index (χ0n) is 14.9. The topological polar surface area (TPSA) is 59.6 Å². The molecule has 0 bridgehead atoms. The fourth-order valence-electron chi connectivity index (χ4n) is 2.63. The Morgan fingerprint density at radius 2 is 1.92 bits per heavy atom. The lowest BCUT2D eigenvalue weighted by molar-refractivity contribution is -0.139. The molecule has 0 aliphatic carbocycles. The molecule has 8 heteroatoms. The first-order valence-corrected chi connectivity index (χ1v) is 9.62. The molecule has 0 spiro atoms. The minimum atomic E-state index is -0.512. The molecule has 0 aromatic heterocycles. The van der Waals surface area contributed by atoms with Crippen LogP contribution in [0.3, 0.4) is 0 Å². The molecule has 0 saturated heterocycles. The van der Waals surface area contributed by atoms with E-state index in [0.29, 0.717) is 44.3 Å². The predicted octanol–water partition coefficient (Wildman–Crippen LogP) is 4.53. The van der Waals surface area contributed by atoms with Crippen LogP contribution in [0.1, 0.15) is 45.2 Å². The molecule has 1 aromatic rings. The number of ether oxygens (including phenoxy) is 2. The number of esters is 1. The zero-order chi connectivity index (χ0) is 19.3. The number of thiocarbonyl (C=S) groups is 1. The van der Waals surface area contributed by atoms with Crippen LogP contribution in [0, 0.1) is 0 Å². The van der Waals surface area contributed by atoms with Crippen molar-refractivity contribution in [2.75, 3.05) is 13.2 Å². The molecule has 1 aliphatic rings. The molecule has 2 N–H and O–H groups in total. The average Bonchev–Trinajstić information content (AvgIpc) is 2.56. The summed E-state index contributed by atoms with van der Waals surface area (Å²) >= 11 is 18.0. The van der Waals surface area contributed by atoms with E-state index >= 15 is 0 Å². The number of hydrogen-bond acceptors (Lipinski definition) is 4. The number of carbonyl (C=O) groups excluding carboxylic acids is 1. The highest BCUT2D eigenvalue weighted by molar-refractivity contribution is 7.80. The summed E-state index contributed by atoms with van der Waals surface area (Å²) in [6, 6.07) is 2.95. The molecule has 2 rings (SSSR count). The fraction of sp³-hybridized carbons (Fsp3) is 0.444. The van der Waals surface area contributed by atoms with Crippen molar-refractivity contribution in [3.8, 4) is 5.75 Å². The predicted molar refractivity (Wildman–Crippen MR) is 108 cm³/mol. The third kappa shape index (κ3) is 4.81. The van der Waals surface area contributed by atoms with Gasteiger partial charge in [0.2, 0.25) is 0 Å². The molecule has 26 heavy (non-hydrogen) atoms. The maximum absolute atomic E-state index is 12.4. The third-order valence-electron chi connectivity index (χ3n) is 3.86. The van der Waals surface area contributed by atoms with Crippen LogP contribution in [0.2, 0.25) is 10.0 Å². The Labute approximate surface area is 169 Å². The Hall–Kier alpha value is -1.50. The Bertz CT molecular complexity index is 714. The van der Waals surface area contributed by atoms with Crippen molar-refractivity contribution in [3.05, 3.63) is 39.0 Å². The highest BCUT2D eigenvalue weighted by atomic mass is 35.5. The minimum absolute atomic E-state index is 0.276. The van der Waals surface area contributed by atoms with Crippen molar-refractivity contribution in [3.63, 3.8) is 0 Å². The highest BCUT2D eigenvalue weighted by Gasteiger charge is 2.31. The first-order chi connectivity index (χ1) is 12.4. The van der Waals surface area contributed by atoms with Crippen LogP contribution < -0.4 is 15.4 Å². The first-order valence-electron chi connectivity index (χ1n) is 8.46. The van der Waals surface area contributed by atoms with Crippen LogP contribution in [-0.2, 0) is 9.53 Å². The molecule has 1 atom stereocenters. The molecule has 0 radical (unpaired) electrons. The molecule has 0 unspecified atom stereocenters. The lowest BCUT2D eigenvalue weighted by Crippen LogP contribution is -2.45. The second kappa shape index (κ2) is 9.44. The van der Waals surface area contributed by atoms with Gasteiger partial charge in [-0.05, 0) is 50.2 Å². The van der Waals surface area contributed by atoms with Crippen molar-refractivity contribution >= 4 is 46.5 Å². The largest absolute Gasteiger partial charge is 0.490 e. The Balaban J connectivity index is 2.39. The maximum atomic E-state index is 12.4. The SMILES string of the molecule is CCCCOc1c(Cl)cc([C@@H]2NC(=S)NC(C)=C2C(=O)OCC)cc1Cl. The van der Waals surface area contributed by atoms with Gasteiger partial charge in [-0.2, -0.15) is 0 Å². The van der Waals surface area contributed by atoms with Crippen LogP contribution in [0.25, 0.3) is 0 Å². The molecule has 1 aliphatic heterocycles. The van der Waals surface area contributed by atoms with Gasteiger partial charge in [0, 0.05) is 5.70 Å². The molecule has 5 nitrogen and oxygen atoms in total. The van der Waals surface area contributed by atoms with Crippen LogP contribution >= 0.6 is 35.4 Å². The molecule has 142 valence electrons. The van der Waals surface area contributed by atoms with Gasteiger partial charge in [-0.3, -0.25) is 0 Å². The van der Waals surface area contributed by atoms with E-state index in [4.69, 9.17) is 44.9 Å². The van der Waals surface area contributed by atoms with Gasteiger partial charge in [-0.1, -0.05) is 36.5 Å². The van der Waals surface area contributed by atoms with E-state index in [-0.39, 0.29) is 6.61 Å². The molecular weight excluding hydrogens is 395 g/mol. The van der Waals surface area contributed by atoms with Crippen LogP contribution in [-0.4, -0.2) is 24.3 Å². The number of carbonyl (C=O) groups is 1. The molecule has 0 amide bonds. The second-order valence-electron chi connectivity index (χ2n) is 5.81. The summed E-state index contributed by atoms with van der Waals surface area (Å²) in [5.74, 6) is 0.0217.